The molecular formula is C9H9Cl2N3. The Bertz CT molecular complexity index is 368. The van der Waals surface area contributed by atoms with Crippen molar-refractivity contribution in [1.29, 1.82) is 0 Å². The van der Waals surface area contributed by atoms with E-state index in [0.717, 1.165) is 6.42 Å². The first-order chi connectivity index (χ1) is 6.74. The minimum atomic E-state index is 0.179. The lowest BCUT2D eigenvalue weighted by atomic mass is 10.4. The van der Waals surface area contributed by atoms with Crippen molar-refractivity contribution in [3.05, 3.63) is 16.5 Å². The molecule has 0 spiro atoms. The highest BCUT2D eigenvalue weighted by Gasteiger charge is 2.02. The summed E-state index contributed by atoms with van der Waals surface area (Å²) in [5.41, 5.74) is 0. The molecule has 3 nitrogen and oxygen atoms in total. The van der Waals surface area contributed by atoms with Crippen molar-refractivity contribution in [1.82, 2.24) is 9.97 Å². The molecular weight excluding hydrogens is 221 g/mol. The SMILES string of the molecule is CC#CCCNc1nc(Cl)ncc1Cl. The maximum atomic E-state index is 5.83. The highest BCUT2D eigenvalue weighted by atomic mass is 35.5. The Morgan fingerprint density at radius 3 is 3.00 bits per heavy atom. The summed E-state index contributed by atoms with van der Waals surface area (Å²) in [5, 5.41) is 3.65. The zero-order valence-electron chi connectivity index (χ0n) is 7.64. The standard InChI is InChI=1S/C9H9Cl2N3/c1-2-3-4-5-12-8-7(10)6-13-9(11)14-8/h6H,4-5H2,1H3,(H,12,13,14). The maximum Gasteiger partial charge on any atom is 0.224 e. The van der Waals surface area contributed by atoms with Gasteiger partial charge in [-0.25, -0.2) is 4.98 Å². The van der Waals surface area contributed by atoms with Gasteiger partial charge in [0.05, 0.1) is 6.20 Å². The monoisotopic (exact) mass is 229 g/mol. The fourth-order valence-electron chi connectivity index (χ4n) is 0.838. The van der Waals surface area contributed by atoms with Crippen LogP contribution in [0.4, 0.5) is 5.82 Å². The Balaban J connectivity index is 2.56. The smallest absolute Gasteiger partial charge is 0.224 e. The lowest BCUT2D eigenvalue weighted by Gasteiger charge is -2.04. The van der Waals surface area contributed by atoms with Crippen LogP contribution in [0, 0.1) is 11.8 Å². The van der Waals surface area contributed by atoms with E-state index in [1.165, 1.54) is 6.20 Å². The first-order valence-corrected chi connectivity index (χ1v) is 4.81. The van der Waals surface area contributed by atoms with Gasteiger partial charge in [0.1, 0.15) is 10.8 Å². The number of hydrogen-bond donors (Lipinski definition) is 1. The Kier molecular flexibility index (Phi) is 4.51. The number of nitrogens with one attached hydrogen (secondary N) is 1. The van der Waals surface area contributed by atoms with Gasteiger partial charge in [-0.1, -0.05) is 11.6 Å². The average molecular weight is 230 g/mol. The third-order valence-electron chi connectivity index (χ3n) is 1.43. The Hall–Kier alpha value is -0.980. The summed E-state index contributed by atoms with van der Waals surface area (Å²) in [7, 11) is 0. The summed E-state index contributed by atoms with van der Waals surface area (Å²) < 4.78 is 0. The number of nitrogens with zero attached hydrogens (tertiary/aromatic N) is 2. The molecule has 0 fully saturated rings. The number of anilines is 1. The average Bonchev–Trinajstić information content (AvgIpc) is 2.18. The summed E-state index contributed by atoms with van der Waals surface area (Å²) in [4.78, 5) is 7.67. The van der Waals surface area contributed by atoms with Crippen LogP contribution in [0.15, 0.2) is 6.20 Å². The molecule has 0 unspecified atom stereocenters. The Morgan fingerprint density at radius 2 is 2.29 bits per heavy atom. The lowest BCUT2D eigenvalue weighted by Crippen LogP contribution is -2.03. The largest absolute Gasteiger partial charge is 0.368 e. The third-order valence-corrected chi connectivity index (χ3v) is 1.89. The van der Waals surface area contributed by atoms with Crippen molar-refractivity contribution in [2.45, 2.75) is 13.3 Å². The molecule has 0 amide bonds. The number of hydrogen-bond acceptors (Lipinski definition) is 3. The second-order valence-electron chi connectivity index (χ2n) is 2.44. The van der Waals surface area contributed by atoms with Crippen LogP contribution in [-0.4, -0.2) is 16.5 Å². The fourth-order valence-corrected chi connectivity index (χ4v) is 1.13. The molecule has 1 N–H and O–H groups in total. The normalized spacial score (nSPS) is 9.07. The second-order valence-corrected chi connectivity index (χ2v) is 3.18. The first-order valence-electron chi connectivity index (χ1n) is 4.05. The van der Waals surface area contributed by atoms with Crippen molar-refractivity contribution in [2.24, 2.45) is 0 Å². The molecule has 1 aromatic heterocycles. The van der Waals surface area contributed by atoms with Crippen LogP contribution in [-0.2, 0) is 0 Å². The molecule has 5 heteroatoms. The van der Waals surface area contributed by atoms with Gasteiger partial charge in [-0.3, -0.25) is 0 Å². The van der Waals surface area contributed by atoms with E-state index in [2.05, 4.69) is 27.1 Å². The van der Waals surface area contributed by atoms with E-state index in [9.17, 15) is 0 Å². The van der Waals surface area contributed by atoms with Gasteiger partial charge < -0.3 is 5.32 Å². The van der Waals surface area contributed by atoms with Gasteiger partial charge in [-0.2, -0.15) is 4.98 Å². The summed E-state index contributed by atoms with van der Waals surface area (Å²) in [5.74, 6) is 6.26. The fraction of sp³-hybridized carbons (Fsp3) is 0.333. The zero-order chi connectivity index (χ0) is 10.4. The van der Waals surface area contributed by atoms with Gasteiger partial charge in [0.25, 0.3) is 0 Å². The molecule has 0 aliphatic carbocycles. The highest BCUT2D eigenvalue weighted by Crippen LogP contribution is 2.18. The van der Waals surface area contributed by atoms with Crippen LogP contribution in [0.3, 0.4) is 0 Å². The molecule has 0 radical (unpaired) electrons. The summed E-state index contributed by atoms with van der Waals surface area (Å²) in [6, 6.07) is 0. The van der Waals surface area contributed by atoms with E-state index in [0.29, 0.717) is 17.4 Å². The van der Waals surface area contributed by atoms with Gasteiger partial charge in [0.15, 0.2) is 0 Å². The Labute approximate surface area is 92.9 Å². The molecule has 0 aliphatic heterocycles. The highest BCUT2D eigenvalue weighted by molar-refractivity contribution is 6.33. The molecule has 1 rings (SSSR count). The molecule has 14 heavy (non-hydrogen) atoms. The molecule has 1 heterocycles. The molecule has 0 aromatic carbocycles. The van der Waals surface area contributed by atoms with Crippen LogP contribution in [0.5, 0.6) is 0 Å². The van der Waals surface area contributed by atoms with Gasteiger partial charge >= 0.3 is 0 Å². The number of halogens is 2. The molecule has 0 saturated heterocycles. The van der Waals surface area contributed by atoms with Gasteiger partial charge in [0.2, 0.25) is 5.28 Å². The number of aromatic nitrogens is 2. The second kappa shape index (κ2) is 5.69. The molecule has 1 aromatic rings. The lowest BCUT2D eigenvalue weighted by molar-refractivity contribution is 1.05. The summed E-state index contributed by atoms with van der Waals surface area (Å²) >= 11 is 11.4. The number of rotatable bonds is 3. The minimum Gasteiger partial charge on any atom is -0.368 e. The van der Waals surface area contributed by atoms with Gasteiger partial charge in [-0.15, -0.1) is 11.8 Å². The van der Waals surface area contributed by atoms with E-state index in [4.69, 9.17) is 23.2 Å². The molecule has 0 saturated carbocycles. The minimum absolute atomic E-state index is 0.179. The van der Waals surface area contributed by atoms with Crippen LogP contribution in [0.1, 0.15) is 13.3 Å². The third kappa shape index (κ3) is 3.41. The van der Waals surface area contributed by atoms with Crippen molar-refractivity contribution in [3.8, 4) is 11.8 Å². The van der Waals surface area contributed by atoms with E-state index in [-0.39, 0.29) is 5.28 Å². The molecule has 0 atom stereocenters. The quantitative estimate of drug-likeness (QED) is 0.492. The van der Waals surface area contributed by atoms with Crippen molar-refractivity contribution >= 4 is 29.0 Å². The maximum absolute atomic E-state index is 5.83. The van der Waals surface area contributed by atoms with E-state index in [1.807, 2.05) is 0 Å². The predicted octanol–water partition coefficient (Wildman–Crippen LogP) is 2.61. The van der Waals surface area contributed by atoms with E-state index < -0.39 is 0 Å². The van der Waals surface area contributed by atoms with Crippen molar-refractivity contribution in [3.63, 3.8) is 0 Å². The Morgan fingerprint density at radius 1 is 1.50 bits per heavy atom. The first kappa shape index (κ1) is 11.1. The van der Waals surface area contributed by atoms with Crippen LogP contribution < -0.4 is 5.32 Å². The van der Waals surface area contributed by atoms with Gasteiger partial charge in [-0.05, 0) is 18.5 Å². The summed E-state index contributed by atoms with van der Waals surface area (Å²) in [6.45, 7) is 2.49. The molecule has 0 aliphatic rings. The zero-order valence-corrected chi connectivity index (χ0v) is 9.15. The summed E-state index contributed by atoms with van der Waals surface area (Å²) in [6.07, 6.45) is 2.21. The molecule has 74 valence electrons. The van der Waals surface area contributed by atoms with Crippen molar-refractivity contribution in [2.75, 3.05) is 11.9 Å². The van der Waals surface area contributed by atoms with E-state index in [1.54, 1.807) is 6.92 Å². The van der Waals surface area contributed by atoms with Crippen molar-refractivity contribution < 1.29 is 0 Å². The van der Waals surface area contributed by atoms with Crippen LogP contribution in [0.25, 0.3) is 0 Å². The van der Waals surface area contributed by atoms with Crippen LogP contribution in [0.2, 0.25) is 10.3 Å². The van der Waals surface area contributed by atoms with Gasteiger partial charge in [0, 0.05) is 13.0 Å². The molecule has 0 bridgehead atoms. The van der Waals surface area contributed by atoms with Crippen LogP contribution >= 0.6 is 23.2 Å². The predicted molar refractivity (Wildman–Crippen MR) is 58.6 cm³/mol. The van der Waals surface area contributed by atoms with E-state index >= 15 is 0 Å². The topological polar surface area (TPSA) is 37.8 Å².